The first kappa shape index (κ1) is 21.2. The Labute approximate surface area is 168 Å². The summed E-state index contributed by atoms with van der Waals surface area (Å²) in [5, 5.41) is 5.31. The predicted molar refractivity (Wildman–Crippen MR) is 111 cm³/mol. The minimum atomic E-state index is -0.923. The second-order valence-electron chi connectivity index (χ2n) is 6.13. The van der Waals surface area contributed by atoms with Gasteiger partial charge in [-0.15, -0.1) is 0 Å². The molecular formula is C18H23N3O4S2. The standard InChI is InChI=1S/C18H23N3O4S2/c1-12(25-16(23)11-27-18(26)21-9-3-4-10-21)17(24)20-15-7-5-14(6-8-15)19-13(2)22/h5-8,12H,3-4,9-11H2,1-2H3,(H,19,22)(H,20,24)/t12-/m0/s1. The third-order valence-electron chi connectivity index (χ3n) is 3.83. The minimum Gasteiger partial charge on any atom is -0.452 e. The van der Waals surface area contributed by atoms with Crippen molar-refractivity contribution in [2.75, 3.05) is 29.5 Å². The van der Waals surface area contributed by atoms with Gasteiger partial charge in [-0.25, -0.2) is 0 Å². The van der Waals surface area contributed by atoms with Crippen molar-refractivity contribution in [2.24, 2.45) is 0 Å². The van der Waals surface area contributed by atoms with Gasteiger partial charge in [-0.2, -0.15) is 0 Å². The largest absolute Gasteiger partial charge is 0.452 e. The fraction of sp³-hybridized carbons (Fsp3) is 0.444. The first-order valence-corrected chi connectivity index (χ1v) is 10.0. The van der Waals surface area contributed by atoms with Crippen molar-refractivity contribution in [2.45, 2.75) is 32.8 Å². The molecule has 1 saturated heterocycles. The van der Waals surface area contributed by atoms with Crippen LogP contribution in [0.2, 0.25) is 0 Å². The molecule has 0 bridgehead atoms. The zero-order chi connectivity index (χ0) is 19.8. The van der Waals surface area contributed by atoms with Gasteiger partial charge in [0.1, 0.15) is 4.32 Å². The number of thiocarbonyl (C=S) groups is 1. The van der Waals surface area contributed by atoms with Crippen LogP contribution in [0.25, 0.3) is 0 Å². The maximum Gasteiger partial charge on any atom is 0.317 e. The van der Waals surface area contributed by atoms with Gasteiger partial charge in [-0.3, -0.25) is 14.4 Å². The highest BCUT2D eigenvalue weighted by Gasteiger charge is 2.20. The Morgan fingerprint density at radius 1 is 1.15 bits per heavy atom. The molecule has 0 aromatic heterocycles. The van der Waals surface area contributed by atoms with E-state index in [-0.39, 0.29) is 11.7 Å². The zero-order valence-corrected chi connectivity index (χ0v) is 17.0. The number of amides is 2. The number of anilines is 2. The number of benzene rings is 1. The lowest BCUT2D eigenvalue weighted by Crippen LogP contribution is -2.31. The van der Waals surface area contributed by atoms with Crippen molar-refractivity contribution < 1.29 is 19.1 Å². The maximum absolute atomic E-state index is 12.2. The Morgan fingerprint density at radius 2 is 1.70 bits per heavy atom. The van der Waals surface area contributed by atoms with Gasteiger partial charge < -0.3 is 20.3 Å². The molecule has 2 rings (SSSR count). The van der Waals surface area contributed by atoms with Gasteiger partial charge in [0.25, 0.3) is 5.91 Å². The molecule has 1 heterocycles. The Hall–Kier alpha value is -2.13. The number of carbonyl (C=O) groups is 3. The first-order valence-electron chi connectivity index (χ1n) is 8.65. The number of nitrogens with one attached hydrogen (secondary N) is 2. The summed E-state index contributed by atoms with van der Waals surface area (Å²) in [5.74, 6) is -0.999. The van der Waals surface area contributed by atoms with Gasteiger partial charge in [0, 0.05) is 31.4 Å². The van der Waals surface area contributed by atoms with Gasteiger partial charge in [0.15, 0.2) is 6.10 Å². The molecule has 2 N–H and O–H groups in total. The summed E-state index contributed by atoms with van der Waals surface area (Å²) < 4.78 is 5.86. The molecule has 9 heteroatoms. The van der Waals surface area contributed by atoms with Crippen LogP contribution < -0.4 is 10.6 Å². The molecule has 27 heavy (non-hydrogen) atoms. The molecule has 1 aromatic rings. The van der Waals surface area contributed by atoms with Crippen LogP contribution in [0.15, 0.2) is 24.3 Å². The molecule has 1 atom stereocenters. The summed E-state index contributed by atoms with van der Waals surface area (Å²) in [7, 11) is 0. The highest BCUT2D eigenvalue weighted by Crippen LogP contribution is 2.17. The molecule has 2 amide bonds. The Balaban J connectivity index is 1.74. The fourth-order valence-electron chi connectivity index (χ4n) is 2.48. The Kier molecular flexibility index (Phi) is 8.05. The molecule has 1 aromatic carbocycles. The Bertz CT molecular complexity index is 703. The lowest BCUT2D eigenvalue weighted by Gasteiger charge is -2.18. The SMILES string of the molecule is CC(=O)Nc1ccc(NC(=O)[C@H](C)OC(=O)CSC(=S)N2CCCC2)cc1. The number of carbonyl (C=O) groups excluding carboxylic acids is 3. The molecule has 0 aliphatic carbocycles. The second-order valence-corrected chi connectivity index (χ2v) is 7.74. The molecule has 0 spiro atoms. The maximum atomic E-state index is 12.2. The average Bonchev–Trinajstić information content (AvgIpc) is 3.15. The monoisotopic (exact) mass is 409 g/mol. The van der Waals surface area contributed by atoms with Crippen LogP contribution in [-0.4, -0.2) is 52.0 Å². The van der Waals surface area contributed by atoms with E-state index < -0.39 is 18.0 Å². The van der Waals surface area contributed by atoms with E-state index in [1.807, 2.05) is 0 Å². The number of thioether (sulfide) groups is 1. The quantitative estimate of drug-likeness (QED) is 0.552. The number of rotatable bonds is 6. The number of likely N-dealkylation sites (tertiary alicyclic amines) is 1. The molecule has 0 unspecified atom stereocenters. The van der Waals surface area contributed by atoms with Gasteiger partial charge >= 0.3 is 5.97 Å². The average molecular weight is 410 g/mol. The fourth-order valence-corrected chi connectivity index (χ4v) is 3.51. The minimum absolute atomic E-state index is 0.0817. The van der Waals surface area contributed by atoms with Crippen LogP contribution >= 0.6 is 24.0 Å². The summed E-state index contributed by atoms with van der Waals surface area (Å²) in [4.78, 5) is 37.2. The number of esters is 1. The predicted octanol–water partition coefficient (Wildman–Crippen LogP) is 2.63. The number of hydrogen-bond donors (Lipinski definition) is 2. The number of nitrogens with zero attached hydrogens (tertiary/aromatic N) is 1. The second kappa shape index (κ2) is 10.3. The number of hydrogen-bond acceptors (Lipinski definition) is 6. The van der Waals surface area contributed by atoms with E-state index in [1.165, 1.54) is 25.6 Å². The molecule has 7 nitrogen and oxygen atoms in total. The van der Waals surface area contributed by atoms with E-state index in [1.54, 1.807) is 24.3 Å². The topological polar surface area (TPSA) is 87.7 Å². The van der Waals surface area contributed by atoms with Crippen LogP contribution in [0.5, 0.6) is 0 Å². The van der Waals surface area contributed by atoms with E-state index in [4.69, 9.17) is 17.0 Å². The number of ether oxygens (including phenoxy) is 1. The molecule has 1 aliphatic rings. The van der Waals surface area contributed by atoms with Crippen LogP contribution in [0, 0.1) is 0 Å². The molecule has 1 aliphatic heterocycles. The van der Waals surface area contributed by atoms with Crippen LogP contribution in [0.4, 0.5) is 11.4 Å². The summed E-state index contributed by atoms with van der Waals surface area (Å²) in [5.41, 5.74) is 1.17. The molecule has 0 saturated carbocycles. The lowest BCUT2D eigenvalue weighted by molar-refractivity contribution is -0.150. The third kappa shape index (κ3) is 7.18. The Morgan fingerprint density at radius 3 is 2.26 bits per heavy atom. The zero-order valence-electron chi connectivity index (χ0n) is 15.3. The van der Waals surface area contributed by atoms with Crippen molar-refractivity contribution >= 4 is 57.5 Å². The van der Waals surface area contributed by atoms with E-state index in [0.29, 0.717) is 15.7 Å². The van der Waals surface area contributed by atoms with Crippen molar-refractivity contribution in [3.05, 3.63) is 24.3 Å². The molecule has 146 valence electrons. The van der Waals surface area contributed by atoms with Crippen molar-refractivity contribution in [3.63, 3.8) is 0 Å². The summed E-state index contributed by atoms with van der Waals surface area (Å²) >= 11 is 6.56. The van der Waals surface area contributed by atoms with Crippen molar-refractivity contribution in [3.8, 4) is 0 Å². The highest BCUT2D eigenvalue weighted by atomic mass is 32.2. The van der Waals surface area contributed by atoms with E-state index in [9.17, 15) is 14.4 Å². The lowest BCUT2D eigenvalue weighted by atomic mass is 10.2. The summed E-state index contributed by atoms with van der Waals surface area (Å²) in [6.45, 7) is 4.80. The molecule has 0 radical (unpaired) electrons. The third-order valence-corrected chi connectivity index (χ3v) is 5.32. The van der Waals surface area contributed by atoms with Gasteiger partial charge in [-0.05, 0) is 44.0 Å². The normalized spacial score (nSPS) is 14.4. The summed E-state index contributed by atoms with van der Waals surface area (Å²) in [6, 6.07) is 6.65. The van der Waals surface area contributed by atoms with Crippen LogP contribution in [0.3, 0.4) is 0 Å². The molecule has 1 fully saturated rings. The first-order chi connectivity index (χ1) is 12.8. The van der Waals surface area contributed by atoms with Crippen molar-refractivity contribution in [1.29, 1.82) is 0 Å². The molecular weight excluding hydrogens is 386 g/mol. The van der Waals surface area contributed by atoms with E-state index >= 15 is 0 Å². The van der Waals surface area contributed by atoms with Gasteiger partial charge in [0.2, 0.25) is 5.91 Å². The van der Waals surface area contributed by atoms with Crippen molar-refractivity contribution in [1.82, 2.24) is 4.90 Å². The van der Waals surface area contributed by atoms with Crippen LogP contribution in [-0.2, 0) is 19.1 Å². The van der Waals surface area contributed by atoms with Gasteiger partial charge in [-0.1, -0.05) is 24.0 Å². The van der Waals surface area contributed by atoms with Crippen LogP contribution in [0.1, 0.15) is 26.7 Å². The smallest absolute Gasteiger partial charge is 0.317 e. The van der Waals surface area contributed by atoms with E-state index in [2.05, 4.69) is 15.5 Å². The highest BCUT2D eigenvalue weighted by molar-refractivity contribution is 8.23. The van der Waals surface area contributed by atoms with Gasteiger partial charge in [0.05, 0.1) is 5.75 Å². The van der Waals surface area contributed by atoms with E-state index in [0.717, 1.165) is 25.9 Å². The summed E-state index contributed by atoms with van der Waals surface area (Å²) in [6.07, 6.45) is 1.32.